The molecule has 1 saturated carbocycles. The number of nitrogens with one attached hydrogen (secondary N) is 2. The number of aryl methyl sites for hydroxylation is 1. The Morgan fingerprint density at radius 1 is 1.27 bits per heavy atom. The lowest BCUT2D eigenvalue weighted by Crippen LogP contribution is -2.59. The van der Waals surface area contributed by atoms with Gasteiger partial charge in [0.25, 0.3) is 0 Å². The second-order valence-corrected chi connectivity index (χ2v) is 8.86. The van der Waals surface area contributed by atoms with Crippen LogP contribution in [0.15, 0.2) is 24.3 Å². The fourth-order valence-electron chi connectivity index (χ4n) is 4.78. The SMILES string of the molecule is Cc1cccc(-c2n[nH]c(=S)n2CC(=O)NCC2(N3CCOCC3)CCCCC2)c1. The van der Waals surface area contributed by atoms with Crippen molar-refractivity contribution in [3.63, 3.8) is 0 Å². The molecule has 1 aromatic heterocycles. The fraction of sp³-hybridized carbons (Fsp3) is 0.591. The molecular formula is C22H31N5O2S. The summed E-state index contributed by atoms with van der Waals surface area (Å²) in [4.78, 5) is 15.5. The normalized spacial score (nSPS) is 19.5. The summed E-state index contributed by atoms with van der Waals surface area (Å²) in [6.07, 6.45) is 5.99. The first kappa shape index (κ1) is 21.2. The number of amides is 1. The summed E-state index contributed by atoms with van der Waals surface area (Å²) in [6.45, 7) is 6.32. The average molecular weight is 430 g/mol. The number of aromatic amines is 1. The molecule has 2 aliphatic rings. The van der Waals surface area contributed by atoms with Crippen LogP contribution in [0.5, 0.6) is 0 Å². The van der Waals surface area contributed by atoms with Crippen molar-refractivity contribution >= 4 is 18.1 Å². The first-order valence-corrected chi connectivity index (χ1v) is 11.3. The van der Waals surface area contributed by atoms with E-state index < -0.39 is 0 Å². The molecule has 2 aromatic rings. The van der Waals surface area contributed by atoms with E-state index in [4.69, 9.17) is 17.0 Å². The van der Waals surface area contributed by atoms with Gasteiger partial charge in [-0.2, -0.15) is 5.10 Å². The maximum Gasteiger partial charge on any atom is 0.240 e. The van der Waals surface area contributed by atoms with E-state index in [2.05, 4.69) is 26.5 Å². The van der Waals surface area contributed by atoms with Crippen molar-refractivity contribution in [2.24, 2.45) is 0 Å². The zero-order valence-electron chi connectivity index (χ0n) is 17.7. The second kappa shape index (κ2) is 9.41. The summed E-state index contributed by atoms with van der Waals surface area (Å²) in [7, 11) is 0. The maximum atomic E-state index is 12.9. The molecule has 0 radical (unpaired) electrons. The molecule has 0 atom stereocenters. The summed E-state index contributed by atoms with van der Waals surface area (Å²) in [5, 5.41) is 10.4. The van der Waals surface area contributed by atoms with E-state index in [-0.39, 0.29) is 18.0 Å². The fourth-order valence-corrected chi connectivity index (χ4v) is 4.98. The van der Waals surface area contributed by atoms with Crippen LogP contribution in [0.2, 0.25) is 0 Å². The smallest absolute Gasteiger partial charge is 0.240 e. The van der Waals surface area contributed by atoms with Gasteiger partial charge in [0.05, 0.1) is 13.2 Å². The summed E-state index contributed by atoms with van der Waals surface area (Å²) < 4.78 is 7.79. The Balaban J connectivity index is 1.46. The third-order valence-corrected chi connectivity index (χ3v) is 6.73. The first-order valence-electron chi connectivity index (χ1n) is 10.9. The van der Waals surface area contributed by atoms with Gasteiger partial charge in [-0.1, -0.05) is 43.0 Å². The topological polar surface area (TPSA) is 75.2 Å². The van der Waals surface area contributed by atoms with Gasteiger partial charge in [0.2, 0.25) is 5.91 Å². The Hall–Kier alpha value is -2.03. The largest absolute Gasteiger partial charge is 0.379 e. The van der Waals surface area contributed by atoms with Gasteiger partial charge in [-0.15, -0.1) is 0 Å². The minimum Gasteiger partial charge on any atom is -0.379 e. The monoisotopic (exact) mass is 429 g/mol. The average Bonchev–Trinajstić information content (AvgIpc) is 3.14. The zero-order valence-corrected chi connectivity index (χ0v) is 18.5. The Morgan fingerprint density at radius 2 is 2.03 bits per heavy atom. The molecule has 0 bridgehead atoms. The predicted octanol–water partition coefficient (Wildman–Crippen LogP) is 3.07. The number of nitrogens with zero attached hydrogens (tertiary/aromatic N) is 3. The molecule has 1 aromatic carbocycles. The van der Waals surface area contributed by atoms with Gasteiger partial charge < -0.3 is 10.1 Å². The highest BCUT2D eigenvalue weighted by molar-refractivity contribution is 7.71. The highest BCUT2D eigenvalue weighted by Gasteiger charge is 2.38. The Bertz CT molecular complexity index is 926. The standard InChI is InChI=1S/C22H31N5O2S/c1-17-6-5-7-18(14-17)20-24-25-21(30)27(20)15-19(28)23-16-22(8-3-2-4-9-22)26-10-12-29-13-11-26/h5-7,14H,2-4,8-13,15-16H2,1H3,(H,23,28)(H,25,30). The summed E-state index contributed by atoms with van der Waals surface area (Å²) in [6, 6.07) is 8.07. The molecule has 1 amide bonds. The Morgan fingerprint density at radius 3 is 2.77 bits per heavy atom. The number of benzene rings is 1. The number of ether oxygens (including phenoxy) is 1. The number of hydrogen-bond donors (Lipinski definition) is 2. The molecule has 1 aliphatic carbocycles. The van der Waals surface area contributed by atoms with Crippen LogP contribution in [0.25, 0.3) is 11.4 Å². The quantitative estimate of drug-likeness (QED) is 0.691. The molecule has 1 aliphatic heterocycles. The second-order valence-electron chi connectivity index (χ2n) is 8.47. The molecular weight excluding hydrogens is 398 g/mol. The van der Waals surface area contributed by atoms with Crippen molar-refractivity contribution in [3.8, 4) is 11.4 Å². The molecule has 2 fully saturated rings. The van der Waals surface area contributed by atoms with Crippen LogP contribution < -0.4 is 5.32 Å². The van der Waals surface area contributed by atoms with E-state index in [1.807, 2.05) is 25.1 Å². The van der Waals surface area contributed by atoms with E-state index in [1.165, 1.54) is 19.3 Å². The van der Waals surface area contributed by atoms with Gasteiger partial charge in [-0.05, 0) is 38.0 Å². The molecule has 2 heterocycles. The summed E-state index contributed by atoms with van der Waals surface area (Å²) in [5.41, 5.74) is 2.14. The van der Waals surface area contributed by atoms with Gasteiger partial charge >= 0.3 is 0 Å². The van der Waals surface area contributed by atoms with E-state index in [9.17, 15) is 4.79 Å². The van der Waals surface area contributed by atoms with E-state index >= 15 is 0 Å². The van der Waals surface area contributed by atoms with Crippen molar-refractivity contribution in [3.05, 3.63) is 34.6 Å². The van der Waals surface area contributed by atoms with Gasteiger partial charge in [0, 0.05) is 30.7 Å². The number of H-pyrrole nitrogens is 1. The third-order valence-electron chi connectivity index (χ3n) is 6.42. The Kier molecular flexibility index (Phi) is 6.65. The van der Waals surface area contributed by atoms with Crippen LogP contribution in [0.1, 0.15) is 37.7 Å². The van der Waals surface area contributed by atoms with E-state index in [1.54, 1.807) is 4.57 Å². The van der Waals surface area contributed by atoms with Crippen LogP contribution >= 0.6 is 12.2 Å². The van der Waals surface area contributed by atoms with Crippen molar-refractivity contribution in [1.82, 2.24) is 25.0 Å². The predicted molar refractivity (Wildman–Crippen MR) is 119 cm³/mol. The van der Waals surface area contributed by atoms with Crippen LogP contribution in [0.3, 0.4) is 0 Å². The van der Waals surface area contributed by atoms with E-state index in [0.717, 1.165) is 50.3 Å². The van der Waals surface area contributed by atoms with Crippen molar-refractivity contribution in [2.75, 3.05) is 32.8 Å². The number of aromatic nitrogens is 3. The number of carbonyl (C=O) groups is 1. The first-order chi connectivity index (χ1) is 14.6. The van der Waals surface area contributed by atoms with E-state index in [0.29, 0.717) is 17.1 Å². The highest BCUT2D eigenvalue weighted by atomic mass is 32.1. The van der Waals surface area contributed by atoms with Gasteiger partial charge in [-0.3, -0.25) is 19.4 Å². The summed E-state index contributed by atoms with van der Waals surface area (Å²) >= 11 is 5.40. The molecule has 8 heteroatoms. The van der Waals surface area contributed by atoms with Crippen LogP contribution in [0.4, 0.5) is 0 Å². The zero-order chi connectivity index (χ0) is 21.0. The molecule has 162 valence electrons. The molecule has 1 saturated heterocycles. The minimum absolute atomic E-state index is 0.0281. The molecule has 0 unspecified atom stereocenters. The lowest BCUT2D eigenvalue weighted by Gasteiger charge is -2.48. The lowest BCUT2D eigenvalue weighted by molar-refractivity contribution is -0.123. The molecule has 2 N–H and O–H groups in total. The molecule has 0 spiro atoms. The van der Waals surface area contributed by atoms with Gasteiger partial charge in [0.1, 0.15) is 6.54 Å². The number of carbonyl (C=O) groups excluding carboxylic acids is 1. The van der Waals surface area contributed by atoms with Crippen LogP contribution in [-0.2, 0) is 16.1 Å². The number of morpholine rings is 1. The van der Waals surface area contributed by atoms with Gasteiger partial charge in [-0.25, -0.2) is 0 Å². The molecule has 4 rings (SSSR count). The third kappa shape index (κ3) is 4.66. The van der Waals surface area contributed by atoms with Gasteiger partial charge in [0.15, 0.2) is 10.6 Å². The van der Waals surface area contributed by atoms with Crippen molar-refractivity contribution < 1.29 is 9.53 Å². The van der Waals surface area contributed by atoms with Crippen molar-refractivity contribution in [1.29, 1.82) is 0 Å². The summed E-state index contributed by atoms with van der Waals surface area (Å²) in [5.74, 6) is 0.666. The van der Waals surface area contributed by atoms with Crippen LogP contribution in [-0.4, -0.2) is 64.0 Å². The van der Waals surface area contributed by atoms with Crippen molar-refractivity contribution in [2.45, 2.75) is 51.1 Å². The number of rotatable bonds is 6. The lowest BCUT2D eigenvalue weighted by atomic mass is 9.79. The highest BCUT2D eigenvalue weighted by Crippen LogP contribution is 2.33. The molecule has 7 nitrogen and oxygen atoms in total. The minimum atomic E-state index is -0.0281. The number of hydrogen-bond acceptors (Lipinski definition) is 5. The van der Waals surface area contributed by atoms with Crippen LogP contribution in [0, 0.1) is 11.7 Å². The molecule has 30 heavy (non-hydrogen) atoms. The Labute approximate surface area is 182 Å². The maximum absolute atomic E-state index is 12.9.